The van der Waals surface area contributed by atoms with Gasteiger partial charge in [0.05, 0.1) is 28.7 Å². The Bertz CT molecular complexity index is 1310. The van der Waals surface area contributed by atoms with Crippen molar-refractivity contribution in [2.45, 2.75) is 33.7 Å². The number of carbonyl (C=O) groups is 2. The Morgan fingerprint density at radius 3 is 2.62 bits per heavy atom. The van der Waals surface area contributed by atoms with Crippen molar-refractivity contribution in [3.8, 4) is 5.75 Å². The number of ether oxygens (including phenoxy) is 1. The van der Waals surface area contributed by atoms with Crippen LogP contribution >= 0.6 is 22.9 Å². The molecule has 1 aliphatic rings. The predicted molar refractivity (Wildman–Crippen MR) is 134 cm³/mol. The summed E-state index contributed by atoms with van der Waals surface area (Å²) in [5.41, 5.74) is 0.724. The summed E-state index contributed by atoms with van der Waals surface area (Å²) in [6, 6.07) is 4.95. The van der Waals surface area contributed by atoms with Gasteiger partial charge in [0.1, 0.15) is 17.1 Å². The number of piperidine rings is 1. The SMILES string of the molecule is COc1ccc(NC(=O)c2sc3ncn(CC(=O)N4C[C@@H](C)C[C@H](C)C4)c(=O)c3c2C)cc1Cl. The van der Waals surface area contributed by atoms with E-state index in [2.05, 4.69) is 24.1 Å². The molecule has 2 atom stereocenters. The fourth-order valence-electron chi connectivity index (χ4n) is 4.53. The van der Waals surface area contributed by atoms with Crippen LogP contribution in [0.2, 0.25) is 5.02 Å². The quantitative estimate of drug-likeness (QED) is 0.564. The third kappa shape index (κ3) is 4.81. The maximum absolute atomic E-state index is 13.2. The molecule has 10 heteroatoms. The van der Waals surface area contributed by atoms with Gasteiger partial charge in [-0.05, 0) is 48.9 Å². The second-order valence-electron chi connectivity index (χ2n) is 8.96. The number of aromatic nitrogens is 2. The summed E-state index contributed by atoms with van der Waals surface area (Å²) >= 11 is 7.29. The molecule has 1 aromatic carbocycles. The molecule has 1 aliphatic heterocycles. The lowest BCUT2D eigenvalue weighted by Crippen LogP contribution is -2.44. The van der Waals surface area contributed by atoms with Crippen molar-refractivity contribution in [2.75, 3.05) is 25.5 Å². The number of rotatable bonds is 5. The highest BCUT2D eigenvalue weighted by molar-refractivity contribution is 7.20. The summed E-state index contributed by atoms with van der Waals surface area (Å²) in [7, 11) is 1.51. The van der Waals surface area contributed by atoms with Gasteiger partial charge in [-0.2, -0.15) is 0 Å². The van der Waals surface area contributed by atoms with Gasteiger partial charge in [0.25, 0.3) is 11.5 Å². The molecule has 1 N–H and O–H groups in total. The Balaban J connectivity index is 1.57. The van der Waals surface area contributed by atoms with Gasteiger partial charge >= 0.3 is 0 Å². The zero-order chi connectivity index (χ0) is 24.6. The van der Waals surface area contributed by atoms with Crippen molar-refractivity contribution in [2.24, 2.45) is 11.8 Å². The van der Waals surface area contributed by atoms with Crippen molar-refractivity contribution in [3.05, 3.63) is 50.3 Å². The van der Waals surface area contributed by atoms with E-state index in [1.807, 2.05) is 4.90 Å². The molecular formula is C24H27ClN4O4S. The number of hydrogen-bond acceptors (Lipinski definition) is 6. The Kier molecular flexibility index (Phi) is 6.95. The number of anilines is 1. The van der Waals surface area contributed by atoms with E-state index in [4.69, 9.17) is 16.3 Å². The van der Waals surface area contributed by atoms with E-state index in [1.54, 1.807) is 25.1 Å². The second kappa shape index (κ2) is 9.76. The molecule has 0 saturated carbocycles. The molecule has 3 aromatic rings. The number of carbonyl (C=O) groups excluding carboxylic acids is 2. The lowest BCUT2D eigenvalue weighted by molar-refractivity contribution is -0.134. The molecule has 180 valence electrons. The number of fused-ring (bicyclic) bond motifs is 1. The number of hydrogen-bond donors (Lipinski definition) is 1. The predicted octanol–water partition coefficient (Wildman–Crippen LogP) is 4.19. The largest absolute Gasteiger partial charge is 0.495 e. The average molecular weight is 503 g/mol. The van der Waals surface area contributed by atoms with Crippen LogP contribution in [0, 0.1) is 18.8 Å². The minimum absolute atomic E-state index is 0.0671. The van der Waals surface area contributed by atoms with Gasteiger partial charge in [-0.25, -0.2) is 4.98 Å². The van der Waals surface area contributed by atoms with Gasteiger partial charge in [0.2, 0.25) is 5.91 Å². The van der Waals surface area contributed by atoms with Crippen LogP contribution in [-0.4, -0.2) is 46.5 Å². The standard InChI is InChI=1S/C24H27ClN4O4S/c1-13-7-14(2)10-28(9-13)19(30)11-29-12-26-23-20(24(29)32)15(3)21(34-23)22(31)27-16-5-6-18(33-4)17(25)8-16/h5-6,8,12-14H,7,9-11H2,1-4H3,(H,27,31)/t13-,14-/m0/s1. The maximum atomic E-state index is 13.2. The zero-order valence-electron chi connectivity index (χ0n) is 19.6. The van der Waals surface area contributed by atoms with E-state index in [0.29, 0.717) is 62.0 Å². The van der Waals surface area contributed by atoms with Crippen LogP contribution in [0.15, 0.2) is 29.3 Å². The van der Waals surface area contributed by atoms with Crippen LogP contribution in [0.5, 0.6) is 5.75 Å². The van der Waals surface area contributed by atoms with Gasteiger partial charge < -0.3 is 15.0 Å². The van der Waals surface area contributed by atoms with Crippen LogP contribution in [0.4, 0.5) is 5.69 Å². The first-order valence-corrected chi connectivity index (χ1v) is 12.3. The molecule has 1 fully saturated rings. The van der Waals surface area contributed by atoms with Crippen LogP contribution in [-0.2, 0) is 11.3 Å². The maximum Gasteiger partial charge on any atom is 0.266 e. The molecule has 0 spiro atoms. The number of aryl methyl sites for hydroxylation is 1. The molecule has 0 bridgehead atoms. The molecule has 8 nitrogen and oxygen atoms in total. The van der Waals surface area contributed by atoms with Gasteiger partial charge in [-0.15, -0.1) is 11.3 Å². The third-order valence-corrected chi connectivity index (χ3v) is 7.55. The number of thiophene rings is 1. The molecule has 1 saturated heterocycles. The van der Waals surface area contributed by atoms with E-state index in [9.17, 15) is 14.4 Å². The molecule has 0 unspecified atom stereocenters. The molecule has 34 heavy (non-hydrogen) atoms. The number of nitrogens with one attached hydrogen (secondary N) is 1. The van der Waals surface area contributed by atoms with E-state index in [-0.39, 0.29) is 23.9 Å². The lowest BCUT2D eigenvalue weighted by atomic mass is 9.92. The number of amides is 2. The highest BCUT2D eigenvalue weighted by atomic mass is 35.5. The van der Waals surface area contributed by atoms with Crippen LogP contribution in [0.1, 0.15) is 35.5 Å². The number of methoxy groups -OCH3 is 1. The molecule has 4 rings (SSSR count). The monoisotopic (exact) mass is 502 g/mol. The van der Waals surface area contributed by atoms with Crippen LogP contribution < -0.4 is 15.6 Å². The number of benzene rings is 1. The van der Waals surface area contributed by atoms with E-state index < -0.39 is 0 Å². The van der Waals surface area contributed by atoms with Crippen LogP contribution in [0.25, 0.3) is 10.2 Å². The van der Waals surface area contributed by atoms with Crippen LogP contribution in [0.3, 0.4) is 0 Å². The Hall–Kier alpha value is -2.91. The minimum atomic E-state index is -0.361. The average Bonchev–Trinajstić information content (AvgIpc) is 3.12. The van der Waals surface area contributed by atoms with Crippen molar-refractivity contribution >= 4 is 50.7 Å². The molecular weight excluding hydrogens is 476 g/mol. The summed E-state index contributed by atoms with van der Waals surface area (Å²) in [6.07, 6.45) is 2.49. The topological polar surface area (TPSA) is 93.5 Å². The van der Waals surface area contributed by atoms with Gasteiger partial charge in [0.15, 0.2) is 0 Å². The van der Waals surface area contributed by atoms with Crippen molar-refractivity contribution in [1.82, 2.24) is 14.5 Å². The van der Waals surface area contributed by atoms with Crippen molar-refractivity contribution in [3.63, 3.8) is 0 Å². The Morgan fingerprint density at radius 2 is 1.97 bits per heavy atom. The summed E-state index contributed by atoms with van der Waals surface area (Å²) in [5.74, 6) is 0.922. The number of halogens is 1. The van der Waals surface area contributed by atoms with Crippen molar-refractivity contribution in [1.29, 1.82) is 0 Å². The number of nitrogens with zero attached hydrogens (tertiary/aromatic N) is 3. The molecule has 2 aromatic heterocycles. The summed E-state index contributed by atoms with van der Waals surface area (Å²) in [6.45, 7) is 7.32. The van der Waals surface area contributed by atoms with E-state index >= 15 is 0 Å². The fourth-order valence-corrected chi connectivity index (χ4v) is 5.82. The van der Waals surface area contributed by atoms with Gasteiger partial charge in [-0.3, -0.25) is 19.0 Å². The minimum Gasteiger partial charge on any atom is -0.495 e. The first-order valence-electron chi connectivity index (χ1n) is 11.1. The van der Waals surface area contributed by atoms with E-state index in [1.165, 1.54) is 18.0 Å². The highest BCUT2D eigenvalue weighted by Gasteiger charge is 2.26. The first-order chi connectivity index (χ1) is 16.2. The normalized spacial score (nSPS) is 18.2. The molecule has 0 radical (unpaired) electrons. The zero-order valence-corrected chi connectivity index (χ0v) is 21.1. The highest BCUT2D eigenvalue weighted by Crippen LogP contribution is 2.30. The third-order valence-electron chi connectivity index (χ3n) is 6.06. The first kappa shape index (κ1) is 24.2. The summed E-state index contributed by atoms with van der Waals surface area (Å²) in [5, 5.41) is 3.54. The summed E-state index contributed by atoms with van der Waals surface area (Å²) < 4.78 is 6.47. The second-order valence-corrected chi connectivity index (χ2v) is 10.4. The lowest BCUT2D eigenvalue weighted by Gasteiger charge is -2.35. The Labute approximate surface area is 206 Å². The van der Waals surface area contributed by atoms with Gasteiger partial charge in [-0.1, -0.05) is 25.4 Å². The summed E-state index contributed by atoms with van der Waals surface area (Å²) in [4.78, 5) is 46.1. The Morgan fingerprint density at radius 1 is 1.26 bits per heavy atom. The van der Waals surface area contributed by atoms with E-state index in [0.717, 1.165) is 17.8 Å². The smallest absolute Gasteiger partial charge is 0.266 e. The molecule has 2 amide bonds. The number of likely N-dealkylation sites (tertiary alicyclic amines) is 1. The molecule has 3 heterocycles. The molecule has 0 aliphatic carbocycles. The van der Waals surface area contributed by atoms with Crippen molar-refractivity contribution < 1.29 is 14.3 Å². The fraction of sp³-hybridized carbons (Fsp3) is 0.417. The van der Waals surface area contributed by atoms with Gasteiger partial charge in [0, 0.05) is 18.8 Å².